The zero-order valence-electron chi connectivity index (χ0n) is 10.2. The zero-order valence-corrected chi connectivity index (χ0v) is 10.2. The van der Waals surface area contributed by atoms with Gasteiger partial charge in [0, 0.05) is 18.4 Å². The van der Waals surface area contributed by atoms with Gasteiger partial charge < -0.3 is 4.42 Å². The van der Waals surface area contributed by atoms with Crippen molar-refractivity contribution in [2.45, 2.75) is 26.7 Å². The van der Waals surface area contributed by atoms with Crippen LogP contribution < -0.4 is 0 Å². The average molecular weight is 228 g/mol. The van der Waals surface area contributed by atoms with Crippen LogP contribution in [0.25, 0.3) is 0 Å². The van der Waals surface area contributed by atoms with Crippen LogP contribution in [0.4, 0.5) is 0 Å². The summed E-state index contributed by atoms with van der Waals surface area (Å²) in [6.45, 7) is 3.82. The van der Waals surface area contributed by atoms with E-state index in [0.717, 1.165) is 23.3 Å². The molecule has 88 valence electrons. The molecule has 0 bridgehead atoms. The molecule has 2 aromatic rings. The van der Waals surface area contributed by atoms with Gasteiger partial charge in [-0.15, -0.1) is 0 Å². The summed E-state index contributed by atoms with van der Waals surface area (Å²) in [7, 11) is 0. The van der Waals surface area contributed by atoms with Gasteiger partial charge >= 0.3 is 0 Å². The van der Waals surface area contributed by atoms with Gasteiger partial charge in [-0.1, -0.05) is 37.3 Å². The molecule has 17 heavy (non-hydrogen) atoms. The van der Waals surface area contributed by atoms with E-state index in [-0.39, 0.29) is 5.78 Å². The molecule has 0 aliphatic heterocycles. The first-order chi connectivity index (χ1) is 8.22. The molecule has 0 aliphatic carbocycles. The number of ketones is 1. The van der Waals surface area contributed by atoms with E-state index in [9.17, 15) is 4.79 Å². The van der Waals surface area contributed by atoms with Gasteiger partial charge in [0.05, 0.1) is 5.56 Å². The summed E-state index contributed by atoms with van der Waals surface area (Å²) >= 11 is 0. The smallest absolute Gasteiger partial charge is 0.166 e. The van der Waals surface area contributed by atoms with Gasteiger partial charge in [-0.25, -0.2) is 0 Å². The lowest BCUT2D eigenvalue weighted by atomic mass is 10.0. The molecule has 0 saturated carbocycles. The maximum Gasteiger partial charge on any atom is 0.166 e. The van der Waals surface area contributed by atoms with E-state index in [1.807, 2.05) is 32.0 Å². The molecular formula is C15H16O2. The first kappa shape index (κ1) is 11.6. The quantitative estimate of drug-likeness (QED) is 0.745. The molecule has 1 aromatic heterocycles. The average Bonchev–Trinajstić information content (AvgIpc) is 2.72. The highest BCUT2D eigenvalue weighted by Gasteiger charge is 2.14. The van der Waals surface area contributed by atoms with E-state index in [4.69, 9.17) is 4.42 Å². The molecule has 1 aromatic carbocycles. The van der Waals surface area contributed by atoms with Crippen LogP contribution in [0.2, 0.25) is 0 Å². The Kier molecular flexibility index (Phi) is 3.43. The van der Waals surface area contributed by atoms with Gasteiger partial charge in [0.15, 0.2) is 5.78 Å². The Labute approximate surface area is 101 Å². The second kappa shape index (κ2) is 5.00. The second-order valence-corrected chi connectivity index (χ2v) is 4.14. The topological polar surface area (TPSA) is 30.2 Å². The maximum absolute atomic E-state index is 11.6. The SMILES string of the molecule is CCC(=O)c1coc(Cc2ccccc2)c1C. The second-order valence-electron chi connectivity index (χ2n) is 4.14. The number of benzene rings is 1. The maximum atomic E-state index is 11.6. The minimum Gasteiger partial charge on any atom is -0.468 e. The van der Waals surface area contributed by atoms with E-state index in [0.29, 0.717) is 6.42 Å². The van der Waals surface area contributed by atoms with Gasteiger partial charge in [0.25, 0.3) is 0 Å². The monoisotopic (exact) mass is 228 g/mol. The van der Waals surface area contributed by atoms with E-state index in [1.165, 1.54) is 5.56 Å². The molecule has 1 heterocycles. The van der Waals surface area contributed by atoms with Crippen molar-refractivity contribution in [2.24, 2.45) is 0 Å². The Balaban J connectivity index is 2.24. The van der Waals surface area contributed by atoms with Gasteiger partial charge in [-0.05, 0) is 12.5 Å². The number of hydrogen-bond acceptors (Lipinski definition) is 2. The normalized spacial score (nSPS) is 10.5. The third kappa shape index (κ3) is 2.47. The van der Waals surface area contributed by atoms with Crippen molar-refractivity contribution in [3.63, 3.8) is 0 Å². The molecule has 0 unspecified atom stereocenters. The van der Waals surface area contributed by atoms with Crippen LogP contribution in [-0.2, 0) is 6.42 Å². The van der Waals surface area contributed by atoms with E-state index < -0.39 is 0 Å². The lowest BCUT2D eigenvalue weighted by Gasteiger charge is -2.00. The van der Waals surface area contributed by atoms with Crippen LogP contribution in [0.15, 0.2) is 41.0 Å². The molecule has 0 aliphatic rings. The third-order valence-corrected chi connectivity index (χ3v) is 2.97. The van der Waals surface area contributed by atoms with Crippen molar-refractivity contribution in [3.8, 4) is 0 Å². The minimum absolute atomic E-state index is 0.144. The highest BCUT2D eigenvalue weighted by atomic mass is 16.3. The number of carbonyl (C=O) groups is 1. The Morgan fingerprint density at radius 3 is 2.59 bits per heavy atom. The summed E-state index contributed by atoms with van der Waals surface area (Å²) in [6, 6.07) is 10.1. The van der Waals surface area contributed by atoms with E-state index in [1.54, 1.807) is 6.26 Å². The van der Waals surface area contributed by atoms with Crippen molar-refractivity contribution in [1.29, 1.82) is 0 Å². The van der Waals surface area contributed by atoms with Gasteiger partial charge in [0.1, 0.15) is 12.0 Å². The Morgan fingerprint density at radius 1 is 1.24 bits per heavy atom. The summed E-state index contributed by atoms with van der Waals surface area (Å²) in [5, 5.41) is 0. The molecule has 0 amide bonds. The fourth-order valence-electron chi connectivity index (χ4n) is 1.88. The summed E-state index contributed by atoms with van der Waals surface area (Å²) in [5.41, 5.74) is 2.89. The Morgan fingerprint density at radius 2 is 1.94 bits per heavy atom. The zero-order chi connectivity index (χ0) is 12.3. The summed E-state index contributed by atoms with van der Waals surface area (Å²) < 4.78 is 5.50. The molecule has 0 atom stereocenters. The van der Waals surface area contributed by atoms with Crippen LogP contribution in [0.5, 0.6) is 0 Å². The van der Waals surface area contributed by atoms with Gasteiger partial charge in [-0.3, -0.25) is 4.79 Å². The third-order valence-electron chi connectivity index (χ3n) is 2.97. The molecule has 0 spiro atoms. The standard InChI is InChI=1S/C15H16O2/c1-3-14(16)13-10-17-15(11(13)2)9-12-7-5-4-6-8-12/h4-8,10H,3,9H2,1-2H3. The van der Waals surface area contributed by atoms with Crippen molar-refractivity contribution in [2.75, 3.05) is 0 Å². The highest BCUT2D eigenvalue weighted by molar-refractivity contribution is 5.97. The summed E-state index contributed by atoms with van der Waals surface area (Å²) in [4.78, 5) is 11.6. The first-order valence-corrected chi connectivity index (χ1v) is 5.86. The summed E-state index contributed by atoms with van der Waals surface area (Å²) in [6.07, 6.45) is 2.84. The lowest BCUT2D eigenvalue weighted by Crippen LogP contribution is -1.97. The fraction of sp³-hybridized carbons (Fsp3) is 0.267. The molecule has 0 saturated heterocycles. The molecule has 0 radical (unpaired) electrons. The largest absolute Gasteiger partial charge is 0.468 e. The van der Waals surface area contributed by atoms with Gasteiger partial charge in [-0.2, -0.15) is 0 Å². The van der Waals surface area contributed by atoms with Crippen molar-refractivity contribution < 1.29 is 9.21 Å². The predicted octanol–water partition coefficient (Wildman–Crippen LogP) is 3.77. The van der Waals surface area contributed by atoms with Crippen LogP contribution in [0, 0.1) is 6.92 Å². The number of Topliss-reactive ketones (excluding diaryl/α,β-unsaturated/α-hetero) is 1. The van der Waals surface area contributed by atoms with Crippen LogP contribution in [0.3, 0.4) is 0 Å². The molecular weight excluding hydrogens is 212 g/mol. The molecule has 0 N–H and O–H groups in total. The van der Waals surface area contributed by atoms with Gasteiger partial charge in [0.2, 0.25) is 0 Å². The van der Waals surface area contributed by atoms with Crippen LogP contribution in [0.1, 0.15) is 40.6 Å². The molecule has 2 heteroatoms. The lowest BCUT2D eigenvalue weighted by molar-refractivity contribution is 0.0987. The van der Waals surface area contributed by atoms with Crippen molar-refractivity contribution in [1.82, 2.24) is 0 Å². The Bertz CT molecular complexity index is 509. The molecule has 0 fully saturated rings. The van der Waals surface area contributed by atoms with Crippen LogP contribution in [-0.4, -0.2) is 5.78 Å². The predicted molar refractivity (Wildman–Crippen MR) is 67.3 cm³/mol. The van der Waals surface area contributed by atoms with Crippen molar-refractivity contribution >= 4 is 5.78 Å². The van der Waals surface area contributed by atoms with E-state index in [2.05, 4.69) is 12.1 Å². The number of carbonyl (C=O) groups excluding carboxylic acids is 1. The van der Waals surface area contributed by atoms with E-state index >= 15 is 0 Å². The number of hydrogen-bond donors (Lipinski definition) is 0. The highest BCUT2D eigenvalue weighted by Crippen LogP contribution is 2.20. The fourth-order valence-corrected chi connectivity index (χ4v) is 1.88. The Hall–Kier alpha value is -1.83. The number of rotatable bonds is 4. The minimum atomic E-state index is 0.144. The summed E-state index contributed by atoms with van der Waals surface area (Å²) in [5.74, 6) is 1.03. The molecule has 2 rings (SSSR count). The molecule has 2 nitrogen and oxygen atoms in total. The number of furan rings is 1. The van der Waals surface area contributed by atoms with Crippen molar-refractivity contribution in [3.05, 3.63) is 59.0 Å². The first-order valence-electron chi connectivity index (χ1n) is 5.86. The van der Waals surface area contributed by atoms with Crippen LogP contribution >= 0.6 is 0 Å².